The van der Waals surface area contributed by atoms with Gasteiger partial charge < -0.3 is 14.5 Å². The highest BCUT2D eigenvalue weighted by Crippen LogP contribution is 2.34. The molecule has 3 aromatic heterocycles. The first kappa shape index (κ1) is 26.6. The number of esters is 1. The number of hydrogen-bond acceptors (Lipinski definition) is 9. The highest BCUT2D eigenvalue weighted by Gasteiger charge is 2.23. The Kier molecular flexibility index (Phi) is 7.25. The minimum atomic E-state index is -3.99. The number of H-pyrrole nitrogens is 1. The number of benzene rings is 2. The maximum absolute atomic E-state index is 13.1. The third-order valence-corrected chi connectivity index (χ3v) is 9.15. The molecule has 0 bridgehead atoms. The number of nitrogens with zero attached hydrogens (tertiary/aromatic N) is 1. The first-order chi connectivity index (χ1) is 18.7. The Bertz CT molecular complexity index is 1830. The summed E-state index contributed by atoms with van der Waals surface area (Å²) in [5.74, 6) is 0.0437. The maximum atomic E-state index is 13.1. The van der Waals surface area contributed by atoms with Gasteiger partial charge in [0.1, 0.15) is 10.6 Å². The molecule has 3 heterocycles. The summed E-state index contributed by atoms with van der Waals surface area (Å²) in [5.41, 5.74) is 1.45. The molecule has 2 aromatic carbocycles. The van der Waals surface area contributed by atoms with E-state index in [9.17, 15) is 18.0 Å². The summed E-state index contributed by atoms with van der Waals surface area (Å²) in [5, 5.41) is 4.31. The Morgan fingerprint density at radius 3 is 2.56 bits per heavy atom. The molecule has 1 atom stereocenters. The number of aryl methyl sites for hydroxylation is 1. The predicted octanol–water partition coefficient (Wildman–Crippen LogP) is 5.75. The zero-order valence-corrected chi connectivity index (χ0v) is 23.5. The number of methoxy groups -OCH3 is 1. The van der Waals surface area contributed by atoms with E-state index < -0.39 is 22.1 Å². The maximum Gasteiger partial charge on any atom is 0.339 e. The summed E-state index contributed by atoms with van der Waals surface area (Å²) in [6.45, 7) is 3.27. The van der Waals surface area contributed by atoms with Gasteiger partial charge >= 0.3 is 5.97 Å². The molecular weight excluding hydrogens is 559 g/mol. The van der Waals surface area contributed by atoms with Crippen molar-refractivity contribution in [3.63, 3.8) is 0 Å². The van der Waals surface area contributed by atoms with Gasteiger partial charge in [-0.1, -0.05) is 12.1 Å². The molecule has 0 fully saturated rings. The average Bonchev–Trinajstić information content (AvgIpc) is 3.59. The van der Waals surface area contributed by atoms with Crippen LogP contribution >= 0.6 is 22.7 Å². The lowest BCUT2D eigenvalue weighted by Crippen LogP contribution is -2.18. The molecule has 0 saturated heterocycles. The molecule has 0 aliphatic heterocycles. The first-order valence-electron chi connectivity index (χ1n) is 11.7. The van der Waals surface area contributed by atoms with Crippen molar-refractivity contribution in [1.29, 1.82) is 0 Å². The number of hydrogen-bond donors (Lipinski definition) is 2. The van der Waals surface area contributed by atoms with Crippen molar-refractivity contribution in [2.24, 2.45) is 0 Å². The van der Waals surface area contributed by atoms with Crippen molar-refractivity contribution >= 4 is 54.6 Å². The normalized spacial score (nSPS) is 12.3. The lowest BCUT2D eigenvalue weighted by molar-refractivity contribution is 0.0319. The van der Waals surface area contributed by atoms with E-state index >= 15 is 0 Å². The Morgan fingerprint density at radius 2 is 1.87 bits per heavy atom. The highest BCUT2D eigenvalue weighted by molar-refractivity contribution is 7.92. The summed E-state index contributed by atoms with van der Waals surface area (Å²) < 4.78 is 39.2. The molecule has 1 unspecified atom stereocenters. The van der Waals surface area contributed by atoms with Crippen molar-refractivity contribution in [3.8, 4) is 16.2 Å². The van der Waals surface area contributed by atoms with Crippen molar-refractivity contribution < 1.29 is 22.7 Å². The van der Waals surface area contributed by atoms with Gasteiger partial charge in [0.05, 0.1) is 23.0 Å². The number of fused-ring (bicyclic) bond motifs is 1. The number of ether oxygens (including phenoxy) is 2. The van der Waals surface area contributed by atoms with Crippen LogP contribution in [-0.2, 0) is 14.8 Å². The Hall–Kier alpha value is -4.00. The molecule has 0 saturated carbocycles. The number of carbonyl (C=O) groups excluding carboxylic acids is 1. The van der Waals surface area contributed by atoms with Gasteiger partial charge in [-0.3, -0.25) is 9.52 Å². The summed E-state index contributed by atoms with van der Waals surface area (Å²) in [4.78, 5) is 34.7. The van der Waals surface area contributed by atoms with Crippen LogP contribution in [0.3, 0.4) is 0 Å². The smallest absolute Gasteiger partial charge is 0.339 e. The summed E-state index contributed by atoms with van der Waals surface area (Å²) in [6, 6.07) is 14.5. The number of rotatable bonds is 8. The number of aromatic amines is 1. The minimum Gasteiger partial charge on any atom is -0.497 e. The van der Waals surface area contributed by atoms with Gasteiger partial charge in [0.15, 0.2) is 11.9 Å². The Balaban J connectivity index is 1.37. The molecule has 5 rings (SSSR count). The van der Waals surface area contributed by atoms with Crippen LogP contribution in [0.1, 0.15) is 34.8 Å². The largest absolute Gasteiger partial charge is 0.497 e. The van der Waals surface area contributed by atoms with Gasteiger partial charge in [-0.2, -0.15) is 0 Å². The number of aromatic nitrogens is 2. The molecule has 12 heteroatoms. The molecule has 0 aliphatic rings. The first-order valence-corrected chi connectivity index (χ1v) is 14.9. The molecule has 0 aliphatic carbocycles. The average molecular weight is 582 g/mol. The van der Waals surface area contributed by atoms with Crippen LogP contribution in [-0.4, -0.2) is 31.5 Å². The third kappa shape index (κ3) is 5.44. The number of nitrogens with one attached hydrogen (secondary N) is 2. The van der Waals surface area contributed by atoms with Gasteiger partial charge in [-0.05, 0) is 67.3 Å². The van der Waals surface area contributed by atoms with Crippen LogP contribution in [0.4, 0.5) is 5.69 Å². The molecule has 0 radical (unpaired) electrons. The highest BCUT2D eigenvalue weighted by atomic mass is 32.2. The topological polar surface area (TPSA) is 127 Å². The van der Waals surface area contributed by atoms with Crippen LogP contribution in [0.15, 0.2) is 75.0 Å². The van der Waals surface area contributed by atoms with Crippen LogP contribution in [0.25, 0.3) is 20.7 Å². The van der Waals surface area contributed by atoms with E-state index in [1.165, 1.54) is 48.0 Å². The molecule has 0 amide bonds. The van der Waals surface area contributed by atoms with E-state index in [1.807, 2.05) is 22.9 Å². The van der Waals surface area contributed by atoms with Gasteiger partial charge in [-0.25, -0.2) is 18.2 Å². The molecule has 39 heavy (non-hydrogen) atoms. The van der Waals surface area contributed by atoms with E-state index in [0.717, 1.165) is 10.4 Å². The van der Waals surface area contributed by atoms with Gasteiger partial charge in [0.2, 0.25) is 0 Å². The van der Waals surface area contributed by atoms with E-state index in [0.29, 0.717) is 27.2 Å². The van der Waals surface area contributed by atoms with Crippen LogP contribution in [0.5, 0.6) is 5.75 Å². The van der Waals surface area contributed by atoms with Crippen molar-refractivity contribution in [1.82, 2.24) is 9.97 Å². The van der Waals surface area contributed by atoms with Crippen molar-refractivity contribution in [3.05, 3.63) is 92.7 Å². The second kappa shape index (κ2) is 10.6. The molecule has 0 spiro atoms. The second-order valence-corrected chi connectivity index (χ2v) is 12.1. The van der Waals surface area contributed by atoms with E-state index in [4.69, 9.17) is 9.47 Å². The molecule has 200 valence electrons. The standard InChI is InChI=1S/C27H23N3O6S3/c1-15-6-11-19(39(33,34)30-17-7-9-18(35-3)10-8-17)13-20(15)27(32)36-16(2)24-28-25(31)23-21(14-38-26(23)29-24)22-5-4-12-37-22/h4-14,16,30H,1-3H3,(H,28,29,31). The Labute approximate surface area is 232 Å². The van der Waals surface area contributed by atoms with Crippen molar-refractivity contribution in [2.75, 3.05) is 11.8 Å². The zero-order chi connectivity index (χ0) is 27.7. The minimum absolute atomic E-state index is 0.0824. The monoisotopic (exact) mass is 581 g/mol. The van der Waals surface area contributed by atoms with E-state index in [2.05, 4.69) is 14.7 Å². The summed E-state index contributed by atoms with van der Waals surface area (Å²) in [6.07, 6.45) is -0.890. The fourth-order valence-corrected chi connectivity index (χ4v) is 6.77. The quantitative estimate of drug-likeness (QED) is 0.223. The fraction of sp³-hybridized carbons (Fsp3) is 0.148. The lowest BCUT2D eigenvalue weighted by Gasteiger charge is -2.15. The predicted molar refractivity (Wildman–Crippen MR) is 152 cm³/mol. The lowest BCUT2D eigenvalue weighted by atomic mass is 10.1. The van der Waals surface area contributed by atoms with Crippen LogP contribution in [0.2, 0.25) is 0 Å². The summed E-state index contributed by atoms with van der Waals surface area (Å²) in [7, 11) is -2.47. The summed E-state index contributed by atoms with van der Waals surface area (Å²) >= 11 is 2.87. The van der Waals surface area contributed by atoms with Crippen LogP contribution in [0, 0.1) is 6.92 Å². The van der Waals surface area contributed by atoms with Gasteiger partial charge in [0.25, 0.3) is 15.6 Å². The molecule has 9 nitrogen and oxygen atoms in total. The van der Waals surface area contributed by atoms with Crippen molar-refractivity contribution in [2.45, 2.75) is 24.8 Å². The number of carbonyl (C=O) groups is 1. The third-order valence-electron chi connectivity index (χ3n) is 6.00. The van der Waals surface area contributed by atoms with Gasteiger partial charge in [0, 0.05) is 21.5 Å². The Morgan fingerprint density at radius 1 is 1.10 bits per heavy atom. The van der Waals surface area contributed by atoms with E-state index in [1.54, 1.807) is 38.1 Å². The number of thiophene rings is 2. The van der Waals surface area contributed by atoms with Gasteiger partial charge in [-0.15, -0.1) is 22.7 Å². The molecule has 2 N–H and O–H groups in total. The van der Waals surface area contributed by atoms with E-state index in [-0.39, 0.29) is 21.8 Å². The zero-order valence-electron chi connectivity index (χ0n) is 21.0. The fourth-order valence-electron chi connectivity index (χ4n) is 3.91. The SMILES string of the molecule is COc1ccc(NS(=O)(=O)c2ccc(C)c(C(=O)OC(C)c3nc4scc(-c5cccs5)c4c(=O)[nH]3)c2)cc1. The molecule has 5 aromatic rings. The van der Waals surface area contributed by atoms with Crippen LogP contribution < -0.4 is 15.0 Å². The second-order valence-electron chi connectivity index (χ2n) is 8.62. The number of sulfonamides is 1. The molecular formula is C27H23N3O6S3. The number of anilines is 1.